The molecule has 0 saturated heterocycles. The van der Waals surface area contributed by atoms with Crippen molar-refractivity contribution in [3.63, 3.8) is 0 Å². The molecule has 1 saturated carbocycles. The maximum Gasteiger partial charge on any atom is 0.234 e. The van der Waals surface area contributed by atoms with Crippen LogP contribution in [0.1, 0.15) is 60.8 Å². The molecule has 0 aromatic carbocycles. The summed E-state index contributed by atoms with van der Waals surface area (Å²) in [6, 6.07) is 0. The Balaban J connectivity index is 2.79. The molecule has 4 heteroatoms. The fourth-order valence-electron chi connectivity index (χ4n) is 2.95. The summed E-state index contributed by atoms with van der Waals surface area (Å²) in [5, 5.41) is 0. The molecule has 0 aromatic rings. The van der Waals surface area contributed by atoms with Gasteiger partial charge in [-0.05, 0) is 38.5 Å². The summed E-state index contributed by atoms with van der Waals surface area (Å²) >= 11 is 0. The van der Waals surface area contributed by atoms with E-state index >= 15 is 0 Å². The van der Waals surface area contributed by atoms with Crippen LogP contribution in [0.4, 0.5) is 0 Å². The van der Waals surface area contributed by atoms with Gasteiger partial charge in [-0.2, -0.15) is 9.78 Å². The minimum absolute atomic E-state index is 0.121. The second kappa shape index (κ2) is 6.56. The molecule has 0 bridgehead atoms. The lowest BCUT2D eigenvalue weighted by molar-refractivity contribution is -0.536. The molecule has 1 fully saturated rings. The molecule has 20 heavy (non-hydrogen) atoms. The number of hydrogen-bond donors (Lipinski definition) is 0. The van der Waals surface area contributed by atoms with Crippen LogP contribution in [0.3, 0.4) is 0 Å². The van der Waals surface area contributed by atoms with E-state index < -0.39 is 5.79 Å². The van der Waals surface area contributed by atoms with Crippen molar-refractivity contribution in [1.29, 1.82) is 0 Å². The van der Waals surface area contributed by atoms with Crippen molar-refractivity contribution in [1.82, 2.24) is 0 Å². The van der Waals surface area contributed by atoms with Crippen LogP contribution < -0.4 is 0 Å². The van der Waals surface area contributed by atoms with E-state index in [9.17, 15) is 0 Å². The highest BCUT2D eigenvalue weighted by Gasteiger charge is 2.48. The van der Waals surface area contributed by atoms with Gasteiger partial charge in [-0.25, -0.2) is 9.78 Å². The summed E-state index contributed by atoms with van der Waals surface area (Å²) < 4.78 is 0. The Morgan fingerprint density at radius 1 is 1.20 bits per heavy atom. The van der Waals surface area contributed by atoms with Crippen LogP contribution in [-0.2, 0) is 19.6 Å². The van der Waals surface area contributed by atoms with Gasteiger partial charge in [0.2, 0.25) is 5.79 Å². The van der Waals surface area contributed by atoms with Gasteiger partial charge in [0.1, 0.15) is 6.61 Å². The Morgan fingerprint density at radius 2 is 1.85 bits per heavy atom. The molecular weight excluding hydrogens is 256 g/mol. The first-order chi connectivity index (χ1) is 9.08. The maximum absolute atomic E-state index is 5.71. The Kier molecular flexibility index (Phi) is 5.79. The van der Waals surface area contributed by atoms with E-state index in [1.165, 1.54) is 0 Å². The van der Waals surface area contributed by atoms with Crippen LogP contribution in [0.2, 0.25) is 0 Å². The molecule has 4 nitrogen and oxygen atoms in total. The van der Waals surface area contributed by atoms with Crippen LogP contribution in [0.5, 0.6) is 0 Å². The average molecular weight is 286 g/mol. The van der Waals surface area contributed by atoms with Crippen molar-refractivity contribution in [2.75, 3.05) is 6.61 Å². The highest BCUT2D eigenvalue weighted by atomic mass is 17.3. The molecule has 1 rings (SSSR count). The fraction of sp³-hybridized carbons (Fsp3) is 0.875. The van der Waals surface area contributed by atoms with E-state index in [0.29, 0.717) is 12.5 Å². The number of rotatable bonds is 6. The van der Waals surface area contributed by atoms with Gasteiger partial charge < -0.3 is 0 Å². The quantitative estimate of drug-likeness (QED) is 0.238. The fourth-order valence-corrected chi connectivity index (χ4v) is 2.95. The average Bonchev–Trinajstić information content (AvgIpc) is 2.23. The third-order valence-corrected chi connectivity index (χ3v) is 3.15. The molecule has 2 atom stereocenters. The van der Waals surface area contributed by atoms with E-state index in [2.05, 4.69) is 27.4 Å². The summed E-state index contributed by atoms with van der Waals surface area (Å²) in [6.45, 7) is 16.4. The lowest BCUT2D eigenvalue weighted by Gasteiger charge is -2.45. The van der Waals surface area contributed by atoms with Gasteiger partial charge in [0, 0.05) is 12.8 Å². The standard InChI is InChI=1S/C16H30O4/c1-8-9-17-19-16(20-18-14(3,4)5)11-13(2)10-15(6,7)12-16/h8,13H,1,9-12H2,2-7H3. The largest absolute Gasteiger partial charge is 0.234 e. The highest BCUT2D eigenvalue weighted by Crippen LogP contribution is 2.46. The third kappa shape index (κ3) is 5.92. The third-order valence-electron chi connectivity index (χ3n) is 3.15. The number of hydrogen-bond acceptors (Lipinski definition) is 4. The van der Waals surface area contributed by atoms with E-state index in [4.69, 9.17) is 19.6 Å². The van der Waals surface area contributed by atoms with Crippen molar-refractivity contribution in [2.45, 2.75) is 72.2 Å². The van der Waals surface area contributed by atoms with Gasteiger partial charge in [0.05, 0.1) is 5.60 Å². The topological polar surface area (TPSA) is 36.9 Å². The van der Waals surface area contributed by atoms with Crippen LogP contribution in [-0.4, -0.2) is 18.0 Å². The van der Waals surface area contributed by atoms with Gasteiger partial charge >= 0.3 is 0 Å². The summed E-state index contributed by atoms with van der Waals surface area (Å²) in [5.74, 6) is -0.369. The van der Waals surface area contributed by atoms with Crippen LogP contribution in [0, 0.1) is 11.3 Å². The molecule has 0 heterocycles. The summed E-state index contributed by atoms with van der Waals surface area (Å²) in [5.41, 5.74) is -0.268. The van der Waals surface area contributed by atoms with Crippen molar-refractivity contribution in [2.24, 2.45) is 11.3 Å². The molecular formula is C16H30O4. The molecule has 0 spiro atoms. The summed E-state index contributed by atoms with van der Waals surface area (Å²) in [7, 11) is 0. The SMILES string of the molecule is C=CCOOC1(OOC(C)(C)C)CC(C)CC(C)(C)C1. The van der Waals surface area contributed by atoms with Crippen molar-refractivity contribution < 1.29 is 19.6 Å². The smallest absolute Gasteiger partial charge is 0.229 e. The summed E-state index contributed by atoms with van der Waals surface area (Å²) in [6.07, 6.45) is 4.27. The molecule has 0 aromatic heterocycles. The summed E-state index contributed by atoms with van der Waals surface area (Å²) in [4.78, 5) is 22.0. The minimum Gasteiger partial charge on any atom is -0.229 e. The molecule has 0 amide bonds. The lowest BCUT2D eigenvalue weighted by Crippen LogP contribution is -2.47. The Hall–Kier alpha value is -0.420. The van der Waals surface area contributed by atoms with E-state index in [-0.39, 0.29) is 11.0 Å². The molecule has 0 N–H and O–H groups in total. The molecule has 0 radical (unpaired) electrons. The lowest BCUT2D eigenvalue weighted by atomic mass is 9.70. The first kappa shape index (κ1) is 17.6. The molecule has 2 unspecified atom stereocenters. The normalized spacial score (nSPS) is 30.2. The van der Waals surface area contributed by atoms with Crippen molar-refractivity contribution >= 4 is 0 Å². The Labute approximate surface area is 123 Å². The highest BCUT2D eigenvalue weighted by molar-refractivity contribution is 4.88. The first-order valence-electron chi connectivity index (χ1n) is 7.36. The second-order valence-electron chi connectivity index (χ2n) is 7.70. The molecule has 1 aliphatic carbocycles. The molecule has 118 valence electrons. The van der Waals surface area contributed by atoms with Crippen LogP contribution in [0.15, 0.2) is 12.7 Å². The van der Waals surface area contributed by atoms with E-state index in [1.54, 1.807) is 6.08 Å². The molecule has 1 aliphatic rings. The van der Waals surface area contributed by atoms with Gasteiger partial charge in [0.25, 0.3) is 0 Å². The maximum atomic E-state index is 5.71. The predicted molar refractivity (Wildman–Crippen MR) is 78.7 cm³/mol. The molecule has 0 aliphatic heterocycles. The van der Waals surface area contributed by atoms with Crippen molar-refractivity contribution in [3.05, 3.63) is 12.7 Å². The van der Waals surface area contributed by atoms with Gasteiger partial charge in [-0.3, -0.25) is 0 Å². The second-order valence-corrected chi connectivity index (χ2v) is 7.70. The van der Waals surface area contributed by atoms with E-state index in [1.807, 2.05) is 20.8 Å². The van der Waals surface area contributed by atoms with Crippen LogP contribution in [0.25, 0.3) is 0 Å². The Bertz CT molecular complexity index is 319. The zero-order valence-corrected chi connectivity index (χ0v) is 13.8. The predicted octanol–water partition coefficient (Wildman–Crippen LogP) is 4.41. The van der Waals surface area contributed by atoms with Gasteiger partial charge in [0.15, 0.2) is 0 Å². The van der Waals surface area contributed by atoms with Crippen LogP contribution >= 0.6 is 0 Å². The first-order valence-corrected chi connectivity index (χ1v) is 7.36. The Morgan fingerprint density at radius 3 is 2.35 bits per heavy atom. The van der Waals surface area contributed by atoms with E-state index in [0.717, 1.165) is 19.3 Å². The van der Waals surface area contributed by atoms with Gasteiger partial charge in [-0.15, -0.1) is 6.58 Å². The minimum atomic E-state index is -0.850. The monoisotopic (exact) mass is 286 g/mol. The zero-order valence-electron chi connectivity index (χ0n) is 13.8. The van der Waals surface area contributed by atoms with Gasteiger partial charge in [-0.1, -0.05) is 26.8 Å². The zero-order chi connectivity index (χ0) is 15.4. The van der Waals surface area contributed by atoms with Crippen molar-refractivity contribution in [3.8, 4) is 0 Å².